The van der Waals surface area contributed by atoms with Gasteiger partial charge in [-0.1, -0.05) is 32.0 Å². The smallest absolute Gasteiger partial charge is 0.224 e. The molecule has 6 nitrogen and oxygen atoms in total. The van der Waals surface area contributed by atoms with Gasteiger partial charge >= 0.3 is 0 Å². The number of hydrogen-bond acceptors (Lipinski definition) is 4. The van der Waals surface area contributed by atoms with E-state index in [1.165, 1.54) is 0 Å². The Kier molecular flexibility index (Phi) is 7.58. The van der Waals surface area contributed by atoms with Gasteiger partial charge in [0.05, 0.1) is 6.42 Å². The molecule has 0 radical (unpaired) electrons. The average molecular weight is 398 g/mol. The third-order valence-electron chi connectivity index (χ3n) is 5.23. The highest BCUT2D eigenvalue weighted by molar-refractivity contribution is 5.85. The molecular weight excluding hydrogens is 366 g/mol. The van der Waals surface area contributed by atoms with Crippen LogP contribution in [0.2, 0.25) is 0 Å². The summed E-state index contributed by atoms with van der Waals surface area (Å²) in [6.45, 7) is 6.11. The van der Waals surface area contributed by atoms with Crippen LogP contribution in [0.15, 0.2) is 36.7 Å². The lowest BCUT2D eigenvalue weighted by atomic mass is 10.0. The Hall–Kier alpha value is -2.47. The molecule has 0 spiro atoms. The van der Waals surface area contributed by atoms with Crippen molar-refractivity contribution in [2.75, 3.05) is 19.8 Å². The first kappa shape index (κ1) is 21.2. The average Bonchev–Trinajstić information content (AvgIpc) is 3.18. The van der Waals surface area contributed by atoms with E-state index >= 15 is 0 Å². The Balaban J connectivity index is 1.52. The van der Waals surface area contributed by atoms with Gasteiger partial charge in [0.2, 0.25) is 11.8 Å². The van der Waals surface area contributed by atoms with E-state index in [9.17, 15) is 9.59 Å². The highest BCUT2D eigenvalue weighted by Crippen LogP contribution is 2.16. The normalized spacial score (nSPS) is 17.4. The molecule has 2 aromatic rings. The standard InChI is InChI=1S/C23H31N3O3/c1-16(2)9-21(14-25-22(27)12-18-6-8-29-15-18)26-23(28)11-17-3-4-20-13-24-7-5-19(20)10-17/h3-5,7,10,13,16,18,21H,6,8-9,11-12,14-15H2,1-2H3,(H,25,27)(H,26,28). The van der Waals surface area contributed by atoms with E-state index in [1.807, 2.05) is 30.5 Å². The quantitative estimate of drug-likeness (QED) is 0.682. The summed E-state index contributed by atoms with van der Waals surface area (Å²) in [4.78, 5) is 28.9. The number of amides is 2. The van der Waals surface area contributed by atoms with Crippen LogP contribution in [-0.4, -0.2) is 42.6 Å². The lowest BCUT2D eigenvalue weighted by Gasteiger charge is -2.21. The number of carbonyl (C=O) groups excluding carboxylic acids is 2. The molecule has 2 unspecified atom stereocenters. The van der Waals surface area contributed by atoms with Crippen molar-refractivity contribution in [2.45, 2.75) is 45.6 Å². The zero-order valence-electron chi connectivity index (χ0n) is 17.3. The highest BCUT2D eigenvalue weighted by atomic mass is 16.5. The molecule has 0 saturated carbocycles. The second-order valence-corrected chi connectivity index (χ2v) is 8.37. The van der Waals surface area contributed by atoms with Gasteiger partial charge in [-0.25, -0.2) is 0 Å². The Morgan fingerprint density at radius 1 is 1.21 bits per heavy atom. The number of carbonyl (C=O) groups is 2. The Morgan fingerprint density at radius 3 is 2.83 bits per heavy atom. The number of rotatable bonds is 9. The number of fused-ring (bicyclic) bond motifs is 1. The molecule has 2 N–H and O–H groups in total. The van der Waals surface area contributed by atoms with Gasteiger partial charge < -0.3 is 15.4 Å². The van der Waals surface area contributed by atoms with Crippen molar-refractivity contribution in [2.24, 2.45) is 11.8 Å². The van der Waals surface area contributed by atoms with Crippen molar-refractivity contribution in [1.82, 2.24) is 15.6 Å². The molecule has 6 heteroatoms. The van der Waals surface area contributed by atoms with E-state index in [0.717, 1.165) is 35.8 Å². The molecule has 1 saturated heterocycles. The Bertz CT molecular complexity index is 831. The molecule has 3 rings (SSSR count). The summed E-state index contributed by atoms with van der Waals surface area (Å²) >= 11 is 0. The van der Waals surface area contributed by atoms with E-state index in [-0.39, 0.29) is 17.9 Å². The summed E-state index contributed by atoms with van der Waals surface area (Å²) in [5, 5.41) is 8.23. The fourth-order valence-electron chi connectivity index (χ4n) is 3.78. The Labute approximate surface area is 172 Å². The van der Waals surface area contributed by atoms with E-state index < -0.39 is 0 Å². The number of nitrogens with one attached hydrogen (secondary N) is 2. The fraction of sp³-hybridized carbons (Fsp3) is 0.522. The van der Waals surface area contributed by atoms with E-state index in [2.05, 4.69) is 29.5 Å². The van der Waals surface area contributed by atoms with Crippen molar-refractivity contribution in [1.29, 1.82) is 0 Å². The second kappa shape index (κ2) is 10.3. The van der Waals surface area contributed by atoms with Crippen LogP contribution in [-0.2, 0) is 20.7 Å². The molecule has 1 aromatic heterocycles. The van der Waals surface area contributed by atoms with Crippen LogP contribution in [0.5, 0.6) is 0 Å². The Morgan fingerprint density at radius 2 is 2.07 bits per heavy atom. The van der Waals surface area contributed by atoms with Gasteiger partial charge in [0, 0.05) is 50.0 Å². The summed E-state index contributed by atoms with van der Waals surface area (Å²) in [6, 6.07) is 7.86. The lowest BCUT2D eigenvalue weighted by molar-refractivity contribution is -0.124. The van der Waals surface area contributed by atoms with Crippen molar-refractivity contribution in [3.05, 3.63) is 42.2 Å². The molecule has 156 valence electrons. The van der Waals surface area contributed by atoms with E-state index in [1.54, 1.807) is 6.20 Å². The van der Waals surface area contributed by atoms with Gasteiger partial charge in [-0.3, -0.25) is 14.6 Å². The summed E-state index contributed by atoms with van der Waals surface area (Å²) in [5.41, 5.74) is 0.967. The summed E-state index contributed by atoms with van der Waals surface area (Å²) < 4.78 is 5.33. The molecular formula is C23H31N3O3. The summed E-state index contributed by atoms with van der Waals surface area (Å²) in [5.74, 6) is 0.749. The first-order valence-corrected chi connectivity index (χ1v) is 10.5. The molecule has 29 heavy (non-hydrogen) atoms. The van der Waals surface area contributed by atoms with Crippen molar-refractivity contribution < 1.29 is 14.3 Å². The fourth-order valence-corrected chi connectivity index (χ4v) is 3.78. The number of nitrogens with zero attached hydrogens (tertiary/aromatic N) is 1. The maximum atomic E-state index is 12.6. The van der Waals surface area contributed by atoms with Gasteiger partial charge in [-0.15, -0.1) is 0 Å². The lowest BCUT2D eigenvalue weighted by Crippen LogP contribution is -2.45. The molecule has 0 aliphatic carbocycles. The minimum Gasteiger partial charge on any atom is -0.381 e. The molecule has 1 aromatic carbocycles. The number of benzene rings is 1. The zero-order chi connectivity index (χ0) is 20.6. The van der Waals surface area contributed by atoms with Crippen LogP contribution in [0.1, 0.15) is 38.7 Å². The van der Waals surface area contributed by atoms with E-state index in [4.69, 9.17) is 4.74 Å². The van der Waals surface area contributed by atoms with Crippen LogP contribution < -0.4 is 10.6 Å². The van der Waals surface area contributed by atoms with Crippen molar-refractivity contribution in [3.8, 4) is 0 Å². The number of pyridine rings is 1. The molecule has 2 amide bonds. The SMILES string of the molecule is CC(C)CC(CNC(=O)CC1CCOC1)NC(=O)Cc1ccc2cnccc2c1. The highest BCUT2D eigenvalue weighted by Gasteiger charge is 2.20. The number of hydrogen-bond donors (Lipinski definition) is 2. The maximum absolute atomic E-state index is 12.6. The molecule has 0 bridgehead atoms. The summed E-state index contributed by atoms with van der Waals surface area (Å²) in [6.07, 6.45) is 6.15. The van der Waals surface area contributed by atoms with Crippen molar-refractivity contribution >= 4 is 22.6 Å². The molecule has 1 aliphatic heterocycles. The van der Waals surface area contributed by atoms with Crippen LogP contribution >= 0.6 is 0 Å². The minimum absolute atomic E-state index is 0.0255. The number of ether oxygens (including phenoxy) is 1. The summed E-state index contributed by atoms with van der Waals surface area (Å²) in [7, 11) is 0. The first-order valence-electron chi connectivity index (χ1n) is 10.5. The van der Waals surface area contributed by atoms with E-state index in [0.29, 0.717) is 37.8 Å². The van der Waals surface area contributed by atoms with Gasteiger partial charge in [0.1, 0.15) is 0 Å². The van der Waals surface area contributed by atoms with Gasteiger partial charge in [-0.2, -0.15) is 0 Å². The van der Waals surface area contributed by atoms with Gasteiger partial charge in [0.25, 0.3) is 0 Å². The van der Waals surface area contributed by atoms with Crippen molar-refractivity contribution in [3.63, 3.8) is 0 Å². The van der Waals surface area contributed by atoms with Crippen LogP contribution in [0, 0.1) is 11.8 Å². The second-order valence-electron chi connectivity index (χ2n) is 8.37. The third-order valence-corrected chi connectivity index (χ3v) is 5.23. The first-order chi connectivity index (χ1) is 14.0. The predicted molar refractivity (Wildman–Crippen MR) is 113 cm³/mol. The van der Waals surface area contributed by atoms with Crippen LogP contribution in [0.3, 0.4) is 0 Å². The van der Waals surface area contributed by atoms with Crippen LogP contribution in [0.4, 0.5) is 0 Å². The predicted octanol–water partition coefficient (Wildman–Crippen LogP) is 2.85. The maximum Gasteiger partial charge on any atom is 0.224 e. The largest absolute Gasteiger partial charge is 0.381 e. The molecule has 1 fully saturated rings. The minimum atomic E-state index is -0.0732. The zero-order valence-corrected chi connectivity index (χ0v) is 17.3. The monoisotopic (exact) mass is 397 g/mol. The topological polar surface area (TPSA) is 80.3 Å². The van der Waals surface area contributed by atoms with Crippen LogP contribution in [0.25, 0.3) is 10.8 Å². The molecule has 1 aliphatic rings. The third kappa shape index (κ3) is 6.82. The molecule has 2 atom stereocenters. The number of aromatic nitrogens is 1. The van der Waals surface area contributed by atoms with Gasteiger partial charge in [0.15, 0.2) is 0 Å². The molecule has 2 heterocycles. The van der Waals surface area contributed by atoms with Gasteiger partial charge in [-0.05, 0) is 41.7 Å².